The fraction of sp³-hybridized carbons (Fsp3) is 0.278. The number of carbonyl (C=O) groups is 1. The average Bonchev–Trinajstić information content (AvgIpc) is 2.88. The molecule has 23 heavy (non-hydrogen) atoms. The number of hydrogen-bond acceptors (Lipinski definition) is 3. The smallest absolute Gasteiger partial charge is 0.232 e. The molecule has 120 valence electrons. The Morgan fingerprint density at radius 2 is 1.48 bits per heavy atom. The molecular formula is C18H19NO3S. The van der Waals surface area contributed by atoms with Gasteiger partial charge in [-0.25, -0.2) is 8.42 Å². The van der Waals surface area contributed by atoms with E-state index >= 15 is 0 Å². The van der Waals surface area contributed by atoms with Crippen LogP contribution in [0.3, 0.4) is 0 Å². The molecule has 1 amide bonds. The van der Waals surface area contributed by atoms with Gasteiger partial charge >= 0.3 is 0 Å². The van der Waals surface area contributed by atoms with E-state index in [2.05, 4.69) is 5.32 Å². The van der Waals surface area contributed by atoms with Crippen molar-refractivity contribution >= 4 is 15.7 Å². The molecule has 0 spiro atoms. The monoisotopic (exact) mass is 329 g/mol. The second-order valence-corrected chi connectivity index (χ2v) is 8.09. The Kier molecular flexibility index (Phi) is 4.48. The minimum Gasteiger partial charge on any atom is -0.351 e. The molecule has 1 aliphatic rings. The van der Waals surface area contributed by atoms with Gasteiger partial charge in [-0.15, -0.1) is 0 Å². The Morgan fingerprint density at radius 3 is 1.91 bits per heavy atom. The first-order valence-electron chi connectivity index (χ1n) is 7.66. The van der Waals surface area contributed by atoms with Crippen LogP contribution in [-0.4, -0.2) is 31.9 Å². The third kappa shape index (κ3) is 3.79. The van der Waals surface area contributed by atoms with Crippen molar-refractivity contribution in [1.29, 1.82) is 0 Å². The van der Waals surface area contributed by atoms with Crippen molar-refractivity contribution in [1.82, 2.24) is 5.32 Å². The van der Waals surface area contributed by atoms with Crippen molar-refractivity contribution in [2.45, 2.75) is 18.4 Å². The molecule has 2 aromatic carbocycles. The van der Waals surface area contributed by atoms with Crippen LogP contribution < -0.4 is 5.32 Å². The first kappa shape index (κ1) is 15.7. The minimum atomic E-state index is -3.01. The molecule has 1 saturated heterocycles. The largest absolute Gasteiger partial charge is 0.351 e. The van der Waals surface area contributed by atoms with E-state index in [9.17, 15) is 13.2 Å². The Hall–Kier alpha value is -2.14. The zero-order valence-electron chi connectivity index (χ0n) is 12.7. The highest BCUT2D eigenvalue weighted by atomic mass is 32.2. The minimum absolute atomic E-state index is 0.0367. The van der Waals surface area contributed by atoms with Crippen LogP contribution >= 0.6 is 0 Å². The second kappa shape index (κ2) is 6.54. The maximum atomic E-state index is 12.8. The molecule has 2 aromatic rings. The lowest BCUT2D eigenvalue weighted by Crippen LogP contribution is -2.39. The lowest BCUT2D eigenvalue weighted by molar-refractivity contribution is -0.122. The van der Waals surface area contributed by atoms with E-state index in [1.165, 1.54) is 0 Å². The number of carbonyl (C=O) groups excluding carboxylic acids is 1. The van der Waals surface area contributed by atoms with Gasteiger partial charge in [0.2, 0.25) is 5.91 Å². The lowest BCUT2D eigenvalue weighted by Gasteiger charge is -2.20. The summed E-state index contributed by atoms with van der Waals surface area (Å²) in [4.78, 5) is 12.8. The van der Waals surface area contributed by atoms with Crippen molar-refractivity contribution in [2.75, 3.05) is 11.5 Å². The summed E-state index contributed by atoms with van der Waals surface area (Å²) in [5.74, 6) is -0.390. The summed E-state index contributed by atoms with van der Waals surface area (Å²) < 4.78 is 23.2. The molecule has 1 fully saturated rings. The Balaban J connectivity index is 1.85. The van der Waals surface area contributed by atoms with Gasteiger partial charge in [0, 0.05) is 6.04 Å². The Morgan fingerprint density at radius 1 is 0.957 bits per heavy atom. The fourth-order valence-corrected chi connectivity index (χ4v) is 4.65. The molecule has 4 nitrogen and oxygen atoms in total. The summed E-state index contributed by atoms with van der Waals surface area (Å²) in [5, 5.41) is 2.91. The number of rotatable bonds is 4. The van der Waals surface area contributed by atoms with Gasteiger partial charge in [0.05, 0.1) is 17.4 Å². The van der Waals surface area contributed by atoms with Crippen molar-refractivity contribution in [2.24, 2.45) is 0 Å². The predicted octanol–water partition coefficient (Wildman–Crippen LogP) is 2.12. The summed E-state index contributed by atoms with van der Waals surface area (Å²) in [6, 6.07) is 18.8. The molecular weight excluding hydrogens is 310 g/mol. The van der Waals surface area contributed by atoms with Crippen LogP contribution in [0.2, 0.25) is 0 Å². The van der Waals surface area contributed by atoms with Crippen LogP contribution in [0, 0.1) is 0 Å². The Bertz CT molecular complexity index is 733. The number of nitrogens with one attached hydrogen (secondary N) is 1. The van der Waals surface area contributed by atoms with Crippen LogP contribution in [0.1, 0.15) is 23.5 Å². The van der Waals surface area contributed by atoms with Crippen LogP contribution in [-0.2, 0) is 14.6 Å². The van der Waals surface area contributed by atoms with E-state index in [0.29, 0.717) is 6.42 Å². The molecule has 0 bridgehead atoms. The zero-order valence-corrected chi connectivity index (χ0v) is 13.5. The number of hydrogen-bond donors (Lipinski definition) is 1. The molecule has 1 heterocycles. The second-order valence-electron chi connectivity index (χ2n) is 5.86. The summed E-state index contributed by atoms with van der Waals surface area (Å²) in [6.45, 7) is 0. The van der Waals surface area contributed by atoms with E-state index in [-0.39, 0.29) is 23.5 Å². The highest BCUT2D eigenvalue weighted by molar-refractivity contribution is 7.91. The van der Waals surface area contributed by atoms with Gasteiger partial charge in [-0.3, -0.25) is 4.79 Å². The van der Waals surface area contributed by atoms with E-state index in [1.54, 1.807) is 0 Å². The number of sulfone groups is 1. The normalized spacial score (nSPS) is 19.6. The third-order valence-electron chi connectivity index (χ3n) is 4.11. The quantitative estimate of drug-likeness (QED) is 0.934. The maximum absolute atomic E-state index is 12.8. The summed E-state index contributed by atoms with van der Waals surface area (Å²) in [6.07, 6.45) is 0.490. The lowest BCUT2D eigenvalue weighted by atomic mass is 9.90. The molecule has 0 aliphatic carbocycles. The predicted molar refractivity (Wildman–Crippen MR) is 89.9 cm³/mol. The summed E-state index contributed by atoms with van der Waals surface area (Å²) >= 11 is 0. The van der Waals surface area contributed by atoms with E-state index in [4.69, 9.17) is 0 Å². The first-order valence-corrected chi connectivity index (χ1v) is 9.48. The molecule has 0 radical (unpaired) electrons. The third-order valence-corrected chi connectivity index (χ3v) is 5.87. The van der Waals surface area contributed by atoms with Crippen LogP contribution in [0.25, 0.3) is 0 Å². The standard InChI is InChI=1S/C18H19NO3S/c20-18(19-16-11-12-23(21,22)13-16)17(14-7-3-1-4-8-14)15-9-5-2-6-10-15/h1-10,16-17H,11-13H2,(H,19,20). The molecule has 5 heteroatoms. The van der Waals surface area contributed by atoms with Crippen LogP contribution in [0.15, 0.2) is 60.7 Å². The van der Waals surface area contributed by atoms with E-state index in [1.807, 2.05) is 60.7 Å². The highest BCUT2D eigenvalue weighted by Gasteiger charge is 2.31. The zero-order chi connectivity index (χ0) is 16.3. The first-order chi connectivity index (χ1) is 11.1. The van der Waals surface area contributed by atoms with Gasteiger partial charge in [-0.1, -0.05) is 60.7 Å². The SMILES string of the molecule is O=C(NC1CCS(=O)(=O)C1)C(c1ccccc1)c1ccccc1. The van der Waals surface area contributed by atoms with Gasteiger partial charge < -0.3 is 5.32 Å². The van der Waals surface area contributed by atoms with Gasteiger partial charge in [-0.2, -0.15) is 0 Å². The van der Waals surface area contributed by atoms with Gasteiger partial charge in [0.15, 0.2) is 9.84 Å². The summed E-state index contributed by atoms with van der Waals surface area (Å²) in [5.41, 5.74) is 1.80. The molecule has 0 aromatic heterocycles. The fourth-order valence-electron chi connectivity index (χ4n) is 2.98. The molecule has 3 rings (SSSR count). The van der Waals surface area contributed by atoms with Crippen molar-refractivity contribution < 1.29 is 13.2 Å². The van der Waals surface area contributed by atoms with Crippen LogP contribution in [0.4, 0.5) is 0 Å². The average molecular weight is 329 g/mol. The van der Waals surface area contributed by atoms with Gasteiger partial charge in [-0.05, 0) is 17.5 Å². The van der Waals surface area contributed by atoms with Gasteiger partial charge in [0.25, 0.3) is 0 Å². The molecule has 1 aliphatic heterocycles. The Labute approximate surface area is 136 Å². The number of amides is 1. The molecule has 1 unspecified atom stereocenters. The van der Waals surface area contributed by atoms with E-state index < -0.39 is 15.8 Å². The van der Waals surface area contributed by atoms with Crippen molar-refractivity contribution in [3.05, 3.63) is 71.8 Å². The van der Waals surface area contributed by atoms with Crippen molar-refractivity contribution in [3.8, 4) is 0 Å². The molecule has 0 saturated carbocycles. The highest BCUT2D eigenvalue weighted by Crippen LogP contribution is 2.25. The van der Waals surface area contributed by atoms with Crippen LogP contribution in [0.5, 0.6) is 0 Å². The number of benzene rings is 2. The maximum Gasteiger partial charge on any atom is 0.232 e. The van der Waals surface area contributed by atoms with E-state index in [0.717, 1.165) is 11.1 Å². The van der Waals surface area contributed by atoms with Crippen molar-refractivity contribution in [3.63, 3.8) is 0 Å². The molecule has 1 N–H and O–H groups in total. The van der Waals surface area contributed by atoms with Gasteiger partial charge in [0.1, 0.15) is 0 Å². The molecule has 1 atom stereocenters. The topological polar surface area (TPSA) is 63.2 Å². The summed E-state index contributed by atoms with van der Waals surface area (Å²) in [7, 11) is -3.01.